The van der Waals surface area contributed by atoms with Crippen molar-refractivity contribution in [2.75, 3.05) is 0 Å². The van der Waals surface area contributed by atoms with Gasteiger partial charge >= 0.3 is 77.6 Å². The van der Waals surface area contributed by atoms with Crippen LogP contribution in [0.2, 0.25) is 0 Å². The van der Waals surface area contributed by atoms with Crippen molar-refractivity contribution in [1.29, 1.82) is 0 Å². The van der Waals surface area contributed by atoms with E-state index in [-0.39, 0.29) is 37.7 Å². The van der Waals surface area contributed by atoms with E-state index in [9.17, 15) is 4.57 Å². The second kappa shape index (κ2) is 4.05. The van der Waals surface area contributed by atoms with E-state index in [0.717, 1.165) is 19.9 Å². The van der Waals surface area contributed by atoms with Gasteiger partial charge in [-0.1, -0.05) is 0 Å². The molecule has 0 amide bonds. The summed E-state index contributed by atoms with van der Waals surface area (Å²) < 4.78 is 9.33. The summed E-state index contributed by atoms with van der Waals surface area (Å²) in [7, 11) is 0. The van der Waals surface area contributed by atoms with Crippen molar-refractivity contribution in [3.63, 3.8) is 0 Å². The minimum atomic E-state index is -3.64. The van der Waals surface area contributed by atoms with Crippen LogP contribution in [-0.4, -0.2) is 47.5 Å². The SMILES string of the molecule is O=[P](O)(O)[Ti].[CaH2]. The zero-order valence-electron chi connectivity index (χ0n) is 2.25. The Morgan fingerprint density at radius 1 is 1.50 bits per heavy atom. The van der Waals surface area contributed by atoms with Crippen LogP contribution in [0.3, 0.4) is 0 Å². The summed E-state index contributed by atoms with van der Waals surface area (Å²) in [5.41, 5.74) is -3.64. The number of rotatable bonds is 0. The van der Waals surface area contributed by atoms with Gasteiger partial charge in [0.25, 0.3) is 0 Å². The van der Waals surface area contributed by atoms with Crippen LogP contribution in [0.5, 0.6) is 0 Å². The maximum absolute atomic E-state index is 9.33. The fraction of sp³-hybridized carbons (Fsp3) is 0. The number of hydrogen-bond donors (Lipinski definition) is 2. The molecular weight excluding hydrogens is 167 g/mol. The van der Waals surface area contributed by atoms with E-state index in [4.69, 9.17) is 9.79 Å². The van der Waals surface area contributed by atoms with E-state index in [1.165, 1.54) is 0 Å². The summed E-state index contributed by atoms with van der Waals surface area (Å²) in [6.45, 7) is 0. The predicted molar refractivity (Wildman–Crippen MR) is 20.6 cm³/mol. The molecule has 0 aromatic carbocycles. The first kappa shape index (κ1) is 11.0. The van der Waals surface area contributed by atoms with E-state index in [1.54, 1.807) is 0 Å². The summed E-state index contributed by atoms with van der Waals surface area (Å²) >= 11 is 0.854. The Hall–Kier alpha value is 2.12. The Morgan fingerprint density at radius 3 is 1.50 bits per heavy atom. The van der Waals surface area contributed by atoms with Crippen molar-refractivity contribution >= 4 is 43.3 Å². The molecule has 0 atom stereocenters. The Morgan fingerprint density at radius 2 is 1.50 bits per heavy atom. The van der Waals surface area contributed by atoms with Crippen molar-refractivity contribution in [2.24, 2.45) is 0 Å². The Labute approximate surface area is 76.5 Å². The first-order valence-corrected chi connectivity index (χ1v) is 4.51. The van der Waals surface area contributed by atoms with Crippen molar-refractivity contribution in [3.05, 3.63) is 0 Å². The molecule has 0 spiro atoms. The third kappa shape index (κ3) is 35.6. The van der Waals surface area contributed by atoms with Crippen molar-refractivity contribution < 1.29 is 34.3 Å². The van der Waals surface area contributed by atoms with Crippen molar-refractivity contribution in [3.8, 4) is 0 Å². The molecule has 0 aromatic rings. The summed E-state index contributed by atoms with van der Waals surface area (Å²) in [4.78, 5) is 15.3. The fourth-order valence-corrected chi connectivity index (χ4v) is 0. The molecular formula is H4CaO3PTi. The Bertz CT molecular complexity index is 56.9. The average Bonchev–Trinajstić information content (AvgIpc) is 0.722. The molecule has 0 saturated heterocycles. The second-order valence-corrected chi connectivity index (χ2v) is 4.36. The van der Waals surface area contributed by atoms with E-state index >= 15 is 0 Å². The van der Waals surface area contributed by atoms with E-state index in [1.807, 2.05) is 0 Å². The molecule has 33 valence electrons. The monoisotopic (exact) mass is 171 g/mol. The Kier molecular flexibility index (Phi) is 7.42. The molecule has 0 radical (unpaired) electrons. The van der Waals surface area contributed by atoms with E-state index in [2.05, 4.69) is 0 Å². The van der Waals surface area contributed by atoms with Gasteiger partial charge < -0.3 is 0 Å². The summed E-state index contributed by atoms with van der Waals surface area (Å²) in [6.07, 6.45) is 0. The molecule has 6 heteroatoms. The van der Waals surface area contributed by atoms with Crippen LogP contribution in [0.4, 0.5) is 0 Å². The molecule has 3 nitrogen and oxygen atoms in total. The zero-order valence-corrected chi connectivity index (χ0v) is 4.71. The predicted octanol–water partition coefficient (Wildman–Crippen LogP) is -1.29. The number of hydrogen-bond acceptors (Lipinski definition) is 1. The van der Waals surface area contributed by atoms with Crippen LogP contribution in [0.25, 0.3) is 0 Å². The average molecular weight is 171 g/mol. The van der Waals surface area contributed by atoms with Crippen LogP contribution in [-0.2, 0) is 24.5 Å². The van der Waals surface area contributed by atoms with Crippen LogP contribution < -0.4 is 0 Å². The molecule has 6 heavy (non-hydrogen) atoms. The van der Waals surface area contributed by atoms with Gasteiger partial charge in [0.05, 0.1) is 0 Å². The molecule has 0 aliphatic heterocycles. The third-order valence-electron chi connectivity index (χ3n) is 0. The maximum atomic E-state index is 9.33. The molecule has 0 aliphatic carbocycles. The van der Waals surface area contributed by atoms with Crippen LogP contribution >= 0.6 is 5.59 Å². The van der Waals surface area contributed by atoms with Gasteiger partial charge in [-0.25, -0.2) is 0 Å². The van der Waals surface area contributed by atoms with Gasteiger partial charge in [-0.2, -0.15) is 0 Å². The Balaban J connectivity index is 0. The van der Waals surface area contributed by atoms with Crippen LogP contribution in [0.15, 0.2) is 0 Å². The van der Waals surface area contributed by atoms with E-state index in [0.29, 0.717) is 0 Å². The summed E-state index contributed by atoms with van der Waals surface area (Å²) in [6, 6.07) is 0. The molecule has 0 aliphatic rings. The van der Waals surface area contributed by atoms with Crippen molar-refractivity contribution in [2.45, 2.75) is 0 Å². The van der Waals surface area contributed by atoms with Crippen LogP contribution in [0.1, 0.15) is 0 Å². The van der Waals surface area contributed by atoms with Gasteiger partial charge in [0.1, 0.15) is 0 Å². The van der Waals surface area contributed by atoms with Gasteiger partial charge in [0.15, 0.2) is 0 Å². The minimum absolute atomic E-state index is 0. The first-order valence-electron chi connectivity index (χ1n) is 0.806. The van der Waals surface area contributed by atoms with Crippen molar-refractivity contribution in [1.82, 2.24) is 0 Å². The first-order chi connectivity index (χ1) is 2.00. The molecule has 0 saturated carbocycles. The van der Waals surface area contributed by atoms with Gasteiger partial charge in [0.2, 0.25) is 0 Å². The van der Waals surface area contributed by atoms with Gasteiger partial charge in [-0.05, 0) is 0 Å². The quantitative estimate of drug-likeness (QED) is 0.352. The fourth-order valence-electron chi connectivity index (χ4n) is 0. The van der Waals surface area contributed by atoms with Gasteiger partial charge in [-0.15, -0.1) is 0 Å². The van der Waals surface area contributed by atoms with Crippen LogP contribution in [0, 0.1) is 0 Å². The molecule has 0 heterocycles. The molecule has 0 fully saturated rings. The third-order valence-corrected chi connectivity index (χ3v) is 0. The molecule has 0 rings (SSSR count). The molecule has 2 N–H and O–H groups in total. The second-order valence-electron chi connectivity index (χ2n) is 0.544. The molecule has 0 unspecified atom stereocenters. The summed E-state index contributed by atoms with van der Waals surface area (Å²) in [5, 5.41) is 0. The van der Waals surface area contributed by atoms with Gasteiger partial charge in [-0.3, -0.25) is 0 Å². The normalized spacial score (nSPS) is 9.50. The topological polar surface area (TPSA) is 57.5 Å². The molecule has 0 bridgehead atoms. The zero-order chi connectivity index (χ0) is 4.50. The standard InChI is InChI=1S/Ca.HO3P.Ti.2H/c;1-4(2)3;;;/h;(H-,1,2,3);;;/q;;-1;;/p+1. The van der Waals surface area contributed by atoms with Gasteiger partial charge in [0, 0.05) is 0 Å². The molecule has 0 aromatic heterocycles. The van der Waals surface area contributed by atoms with E-state index < -0.39 is 5.59 Å². The summed E-state index contributed by atoms with van der Waals surface area (Å²) in [5.74, 6) is 0.